The Morgan fingerprint density at radius 1 is 1.16 bits per heavy atom. The lowest BCUT2D eigenvalue weighted by Crippen LogP contribution is -2.40. The predicted molar refractivity (Wildman–Crippen MR) is 136 cm³/mol. The Morgan fingerprint density at radius 3 is 2.55 bits per heavy atom. The summed E-state index contributed by atoms with van der Waals surface area (Å²) in [4.78, 5) is 31.4. The van der Waals surface area contributed by atoms with Crippen LogP contribution in [0.25, 0.3) is 6.20 Å². The third-order valence-electron chi connectivity index (χ3n) is 5.80. The maximum absolute atomic E-state index is 13.6. The number of hydrogen-bond acceptors (Lipinski definition) is 8. The zero-order chi connectivity index (χ0) is 27.6. The highest BCUT2D eigenvalue weighted by Gasteiger charge is 2.34. The van der Waals surface area contributed by atoms with E-state index in [0.717, 1.165) is 23.5 Å². The van der Waals surface area contributed by atoms with Crippen LogP contribution in [0.5, 0.6) is 11.5 Å². The smallest absolute Gasteiger partial charge is 0.416 e. The Balaban J connectivity index is 1.86. The molecule has 1 aromatic heterocycles. The standard InChI is InChI=1S/C26H24F3N3O5S/c1-5-37-24(34)21-14(2)31-25-32(22(21)15-9-10-18(35-3)19(11-15)36-4)23(33)20(38-25)13-30-17-8-6-7-16(12-17)26(27,28)29/h6-13,22,30H,5H2,1-4H3/b20-13-/t22-/m1/s1. The summed E-state index contributed by atoms with van der Waals surface area (Å²) < 4.78 is 56.8. The molecule has 3 aromatic rings. The Labute approximate surface area is 219 Å². The molecule has 1 atom stereocenters. The Bertz CT molecular complexity index is 1590. The number of methoxy groups -OCH3 is 2. The topological polar surface area (TPSA) is 91.2 Å². The molecule has 200 valence electrons. The van der Waals surface area contributed by atoms with Gasteiger partial charge in [-0.15, -0.1) is 0 Å². The molecule has 0 unspecified atom stereocenters. The minimum Gasteiger partial charge on any atom is -0.493 e. The summed E-state index contributed by atoms with van der Waals surface area (Å²) in [7, 11) is 2.96. The minimum atomic E-state index is -4.50. The number of halogens is 3. The third kappa shape index (κ3) is 5.17. The van der Waals surface area contributed by atoms with Gasteiger partial charge in [0.2, 0.25) is 0 Å². The quantitative estimate of drug-likeness (QED) is 0.452. The average Bonchev–Trinajstić information content (AvgIpc) is 3.20. The van der Waals surface area contributed by atoms with Crippen LogP contribution >= 0.6 is 11.3 Å². The molecule has 0 saturated carbocycles. The second-order valence-corrected chi connectivity index (χ2v) is 9.15. The fourth-order valence-corrected chi connectivity index (χ4v) is 5.03. The van der Waals surface area contributed by atoms with Gasteiger partial charge in [-0.3, -0.25) is 9.36 Å². The van der Waals surface area contributed by atoms with Gasteiger partial charge in [-0.2, -0.15) is 13.2 Å². The number of thiazole rings is 1. The molecule has 0 saturated heterocycles. The number of hydrogen-bond donors (Lipinski definition) is 1. The lowest BCUT2D eigenvalue weighted by Gasteiger charge is -2.25. The van der Waals surface area contributed by atoms with Gasteiger partial charge >= 0.3 is 12.1 Å². The van der Waals surface area contributed by atoms with Crippen molar-refractivity contribution in [3.8, 4) is 11.5 Å². The summed E-state index contributed by atoms with van der Waals surface area (Å²) in [5.74, 6) is 0.244. The van der Waals surface area contributed by atoms with E-state index in [9.17, 15) is 22.8 Å². The first-order valence-corrected chi connectivity index (χ1v) is 12.2. The molecule has 0 fully saturated rings. The molecule has 38 heavy (non-hydrogen) atoms. The molecular weight excluding hydrogens is 523 g/mol. The van der Waals surface area contributed by atoms with E-state index in [0.29, 0.717) is 27.6 Å². The highest BCUT2D eigenvalue weighted by molar-refractivity contribution is 7.07. The van der Waals surface area contributed by atoms with E-state index < -0.39 is 29.3 Å². The number of benzene rings is 2. The number of nitrogens with zero attached hydrogens (tertiary/aromatic N) is 2. The van der Waals surface area contributed by atoms with Crippen molar-refractivity contribution in [3.05, 3.63) is 84.5 Å². The third-order valence-corrected chi connectivity index (χ3v) is 6.78. The number of anilines is 1. The molecule has 0 aliphatic carbocycles. The van der Waals surface area contributed by atoms with Crippen LogP contribution in [-0.2, 0) is 15.7 Å². The van der Waals surface area contributed by atoms with Gasteiger partial charge in [-0.05, 0) is 49.7 Å². The van der Waals surface area contributed by atoms with Gasteiger partial charge in [-0.1, -0.05) is 23.5 Å². The van der Waals surface area contributed by atoms with Crippen LogP contribution in [0.2, 0.25) is 0 Å². The Morgan fingerprint density at radius 2 is 1.89 bits per heavy atom. The molecular formula is C26H24F3N3O5S. The molecule has 0 spiro atoms. The van der Waals surface area contributed by atoms with Gasteiger partial charge in [0.05, 0.1) is 43.7 Å². The van der Waals surface area contributed by atoms with Crippen molar-refractivity contribution in [2.45, 2.75) is 26.1 Å². The zero-order valence-corrected chi connectivity index (χ0v) is 21.7. The second kappa shape index (κ2) is 10.7. The van der Waals surface area contributed by atoms with Crippen LogP contribution in [0.4, 0.5) is 18.9 Å². The summed E-state index contributed by atoms with van der Waals surface area (Å²) in [5, 5.41) is 2.77. The van der Waals surface area contributed by atoms with Crippen molar-refractivity contribution in [1.82, 2.24) is 4.57 Å². The van der Waals surface area contributed by atoms with Gasteiger partial charge in [0.25, 0.3) is 5.56 Å². The van der Waals surface area contributed by atoms with Crippen molar-refractivity contribution in [1.29, 1.82) is 0 Å². The van der Waals surface area contributed by atoms with Crippen LogP contribution in [0, 0.1) is 0 Å². The summed E-state index contributed by atoms with van der Waals surface area (Å²) in [6.07, 6.45) is -3.17. The van der Waals surface area contributed by atoms with E-state index in [-0.39, 0.29) is 22.4 Å². The van der Waals surface area contributed by atoms with E-state index in [1.807, 2.05) is 0 Å². The number of nitrogens with one attached hydrogen (secondary N) is 1. The number of carbonyl (C=O) groups is 1. The Kier molecular flexibility index (Phi) is 7.63. The number of esters is 1. The second-order valence-electron chi connectivity index (χ2n) is 8.14. The lowest BCUT2D eigenvalue weighted by atomic mass is 9.95. The number of alkyl halides is 3. The van der Waals surface area contributed by atoms with Crippen LogP contribution in [0.1, 0.15) is 31.0 Å². The molecule has 12 heteroatoms. The maximum Gasteiger partial charge on any atom is 0.416 e. The number of fused-ring (bicyclic) bond motifs is 1. The van der Waals surface area contributed by atoms with E-state index in [1.165, 1.54) is 37.1 Å². The molecule has 1 aliphatic heterocycles. The molecule has 0 amide bonds. The van der Waals surface area contributed by atoms with E-state index in [2.05, 4.69) is 10.3 Å². The van der Waals surface area contributed by atoms with E-state index >= 15 is 0 Å². The summed E-state index contributed by atoms with van der Waals surface area (Å²) in [6, 6.07) is 8.79. The number of rotatable bonds is 7. The molecule has 0 radical (unpaired) electrons. The van der Waals surface area contributed by atoms with Crippen molar-refractivity contribution in [2.24, 2.45) is 4.99 Å². The summed E-state index contributed by atoms with van der Waals surface area (Å²) in [6.45, 7) is 3.45. The zero-order valence-electron chi connectivity index (χ0n) is 20.9. The van der Waals surface area contributed by atoms with Gasteiger partial charge in [0, 0.05) is 11.9 Å². The molecule has 8 nitrogen and oxygen atoms in total. The fourth-order valence-electron chi connectivity index (χ4n) is 4.06. The molecule has 1 N–H and O–H groups in total. The summed E-state index contributed by atoms with van der Waals surface area (Å²) in [5.41, 5.74) is -0.0301. The molecule has 1 aliphatic rings. The van der Waals surface area contributed by atoms with Crippen molar-refractivity contribution in [3.63, 3.8) is 0 Å². The van der Waals surface area contributed by atoms with Gasteiger partial charge in [-0.25, -0.2) is 9.79 Å². The number of aromatic nitrogens is 1. The van der Waals surface area contributed by atoms with Crippen LogP contribution in [0.3, 0.4) is 0 Å². The van der Waals surface area contributed by atoms with E-state index in [1.54, 1.807) is 32.0 Å². The maximum atomic E-state index is 13.6. The minimum absolute atomic E-state index is 0.125. The number of carbonyl (C=O) groups excluding carboxylic acids is 1. The van der Waals surface area contributed by atoms with Crippen molar-refractivity contribution < 1.29 is 32.2 Å². The highest BCUT2D eigenvalue weighted by atomic mass is 32.1. The summed E-state index contributed by atoms with van der Waals surface area (Å²) >= 11 is 1.04. The van der Waals surface area contributed by atoms with Gasteiger partial charge in [0.15, 0.2) is 16.3 Å². The van der Waals surface area contributed by atoms with E-state index in [4.69, 9.17) is 14.2 Å². The SMILES string of the molecule is CCOC(=O)C1=C(C)N=c2s/c(=C\Nc3cccc(C(F)(F)F)c3)c(=O)n2[C@@H]1c1ccc(OC)c(OC)c1. The Hall–Kier alpha value is -4.06. The van der Waals surface area contributed by atoms with Gasteiger partial charge in [0.1, 0.15) is 4.53 Å². The van der Waals surface area contributed by atoms with Crippen LogP contribution < -0.4 is 29.7 Å². The predicted octanol–water partition coefficient (Wildman–Crippen LogP) is 3.86. The number of ether oxygens (including phenoxy) is 3. The normalized spacial score (nSPS) is 15.6. The largest absolute Gasteiger partial charge is 0.493 e. The molecule has 0 bridgehead atoms. The fraction of sp³-hybridized carbons (Fsp3) is 0.269. The molecule has 2 heterocycles. The first kappa shape index (κ1) is 27.0. The van der Waals surface area contributed by atoms with Crippen molar-refractivity contribution in [2.75, 3.05) is 26.1 Å². The first-order chi connectivity index (χ1) is 18.1. The average molecular weight is 548 g/mol. The van der Waals surface area contributed by atoms with Crippen LogP contribution in [0.15, 0.2) is 63.5 Å². The lowest BCUT2D eigenvalue weighted by molar-refractivity contribution is -0.139. The van der Waals surface area contributed by atoms with Crippen molar-refractivity contribution >= 4 is 29.2 Å². The monoisotopic (exact) mass is 547 g/mol. The number of allylic oxidation sites excluding steroid dienone is 1. The highest BCUT2D eigenvalue weighted by Crippen LogP contribution is 2.36. The van der Waals surface area contributed by atoms with Crippen LogP contribution in [-0.4, -0.2) is 31.4 Å². The molecule has 2 aromatic carbocycles. The van der Waals surface area contributed by atoms with Gasteiger partial charge < -0.3 is 19.5 Å². The molecule has 4 rings (SSSR count). The first-order valence-electron chi connectivity index (χ1n) is 11.4.